The largest absolute Gasteiger partial charge is 0.491 e. The molecule has 2 aromatic rings. The lowest BCUT2D eigenvalue weighted by molar-refractivity contribution is 0.102. The van der Waals surface area contributed by atoms with E-state index in [4.69, 9.17) is 10.5 Å². The van der Waals surface area contributed by atoms with Gasteiger partial charge in [-0.2, -0.15) is 0 Å². The second-order valence-corrected chi connectivity index (χ2v) is 3.88. The van der Waals surface area contributed by atoms with E-state index in [1.807, 2.05) is 0 Å². The molecule has 0 bridgehead atoms. The van der Waals surface area contributed by atoms with Crippen LogP contribution in [-0.2, 0) is 0 Å². The number of nitrogens with one attached hydrogen (secondary N) is 2. The van der Waals surface area contributed by atoms with Crippen LogP contribution in [0.25, 0.3) is 0 Å². The molecule has 0 radical (unpaired) electrons. The molecule has 0 spiro atoms. The minimum absolute atomic E-state index is 0.157. The van der Waals surface area contributed by atoms with Crippen molar-refractivity contribution in [1.82, 2.24) is 4.98 Å². The fourth-order valence-corrected chi connectivity index (χ4v) is 1.59. The third-order valence-corrected chi connectivity index (χ3v) is 2.44. The van der Waals surface area contributed by atoms with E-state index < -0.39 is 5.82 Å². The van der Waals surface area contributed by atoms with Crippen LogP contribution in [0.2, 0.25) is 0 Å². The van der Waals surface area contributed by atoms with Gasteiger partial charge in [0, 0.05) is 23.6 Å². The zero-order valence-corrected chi connectivity index (χ0v) is 10.4. The van der Waals surface area contributed by atoms with Gasteiger partial charge in [0.2, 0.25) is 0 Å². The van der Waals surface area contributed by atoms with Crippen molar-refractivity contribution in [3.8, 4) is 5.75 Å². The molecule has 4 N–H and O–H groups in total. The molecular formula is C13H14FN3O2. The number of benzene rings is 1. The Morgan fingerprint density at radius 2 is 2.26 bits per heavy atom. The summed E-state index contributed by atoms with van der Waals surface area (Å²) < 4.78 is 18.7. The Bertz CT molecular complexity index is 595. The van der Waals surface area contributed by atoms with E-state index in [-0.39, 0.29) is 11.7 Å². The lowest BCUT2D eigenvalue weighted by Crippen LogP contribution is -2.12. The van der Waals surface area contributed by atoms with Gasteiger partial charge in [-0.1, -0.05) is 0 Å². The van der Waals surface area contributed by atoms with Crippen LogP contribution in [0, 0.1) is 5.82 Å². The number of aromatic nitrogens is 1. The van der Waals surface area contributed by atoms with E-state index in [9.17, 15) is 9.18 Å². The van der Waals surface area contributed by atoms with Crippen molar-refractivity contribution in [2.75, 3.05) is 17.7 Å². The summed E-state index contributed by atoms with van der Waals surface area (Å²) in [6, 6.07) is 5.74. The summed E-state index contributed by atoms with van der Waals surface area (Å²) in [5.41, 5.74) is 6.62. The summed E-state index contributed by atoms with van der Waals surface area (Å²) >= 11 is 0. The maximum atomic E-state index is 13.6. The van der Waals surface area contributed by atoms with Crippen molar-refractivity contribution in [2.24, 2.45) is 0 Å². The molecule has 0 atom stereocenters. The first kappa shape index (κ1) is 12.9. The number of halogens is 1. The minimum Gasteiger partial charge on any atom is -0.491 e. The molecule has 2 rings (SSSR count). The minimum atomic E-state index is -0.523. The van der Waals surface area contributed by atoms with Crippen LogP contribution in [0.15, 0.2) is 30.5 Å². The number of anilines is 2. The van der Waals surface area contributed by atoms with Crippen LogP contribution in [0.1, 0.15) is 17.4 Å². The van der Waals surface area contributed by atoms with Crippen LogP contribution in [0.5, 0.6) is 5.75 Å². The Morgan fingerprint density at radius 1 is 1.47 bits per heavy atom. The molecule has 5 nitrogen and oxygen atoms in total. The highest BCUT2D eigenvalue weighted by molar-refractivity contribution is 6.03. The van der Waals surface area contributed by atoms with E-state index in [0.29, 0.717) is 23.7 Å². The quantitative estimate of drug-likeness (QED) is 0.792. The summed E-state index contributed by atoms with van der Waals surface area (Å²) in [4.78, 5) is 14.5. The van der Waals surface area contributed by atoms with Gasteiger partial charge in [0.1, 0.15) is 5.69 Å². The van der Waals surface area contributed by atoms with Gasteiger partial charge in [0.15, 0.2) is 11.6 Å². The standard InChI is InChI=1S/C13H14FN3O2/c1-2-19-12-4-3-9(6-10(12)14)17-13(18)11-5-8(15)7-16-11/h3-7,16H,2,15H2,1H3,(H,17,18). The first-order valence-corrected chi connectivity index (χ1v) is 5.77. The maximum Gasteiger partial charge on any atom is 0.272 e. The lowest BCUT2D eigenvalue weighted by atomic mass is 10.2. The number of amides is 1. The van der Waals surface area contributed by atoms with Gasteiger partial charge in [0.25, 0.3) is 5.91 Å². The highest BCUT2D eigenvalue weighted by Crippen LogP contribution is 2.21. The maximum absolute atomic E-state index is 13.6. The lowest BCUT2D eigenvalue weighted by Gasteiger charge is -2.07. The highest BCUT2D eigenvalue weighted by Gasteiger charge is 2.10. The molecule has 0 unspecified atom stereocenters. The average molecular weight is 263 g/mol. The van der Waals surface area contributed by atoms with Crippen molar-refractivity contribution in [2.45, 2.75) is 6.92 Å². The van der Waals surface area contributed by atoms with Gasteiger partial charge >= 0.3 is 0 Å². The van der Waals surface area contributed by atoms with E-state index in [0.717, 1.165) is 0 Å². The average Bonchev–Trinajstić information content (AvgIpc) is 2.80. The van der Waals surface area contributed by atoms with Gasteiger partial charge in [-0.15, -0.1) is 0 Å². The number of H-pyrrole nitrogens is 1. The van der Waals surface area contributed by atoms with E-state index in [2.05, 4.69) is 10.3 Å². The fourth-order valence-electron chi connectivity index (χ4n) is 1.59. The summed E-state index contributed by atoms with van der Waals surface area (Å²) in [6.45, 7) is 2.15. The SMILES string of the molecule is CCOc1ccc(NC(=O)c2cc(N)c[nH]2)cc1F. The van der Waals surface area contributed by atoms with Gasteiger partial charge in [-0.25, -0.2) is 4.39 Å². The normalized spacial score (nSPS) is 10.2. The summed E-state index contributed by atoms with van der Waals surface area (Å²) in [7, 11) is 0. The molecule has 0 saturated heterocycles. The second kappa shape index (κ2) is 5.43. The van der Waals surface area contributed by atoms with Gasteiger partial charge < -0.3 is 20.8 Å². The molecule has 1 aromatic heterocycles. The van der Waals surface area contributed by atoms with Crippen LogP contribution < -0.4 is 15.8 Å². The fraction of sp³-hybridized carbons (Fsp3) is 0.154. The Kier molecular flexibility index (Phi) is 3.70. The molecule has 0 fully saturated rings. The Morgan fingerprint density at radius 3 is 2.84 bits per heavy atom. The van der Waals surface area contributed by atoms with Crippen LogP contribution in [0.4, 0.5) is 15.8 Å². The first-order valence-electron chi connectivity index (χ1n) is 5.77. The molecule has 0 saturated carbocycles. The van der Waals surface area contributed by atoms with E-state index in [1.165, 1.54) is 24.4 Å². The number of carbonyl (C=O) groups is 1. The molecule has 1 amide bonds. The molecule has 100 valence electrons. The number of ether oxygens (including phenoxy) is 1. The predicted octanol–water partition coefficient (Wildman–Crippen LogP) is 2.39. The van der Waals surface area contributed by atoms with Crippen LogP contribution in [-0.4, -0.2) is 17.5 Å². The van der Waals surface area contributed by atoms with Crippen molar-refractivity contribution in [1.29, 1.82) is 0 Å². The number of rotatable bonds is 4. The van der Waals surface area contributed by atoms with Crippen LogP contribution >= 0.6 is 0 Å². The molecule has 1 heterocycles. The first-order chi connectivity index (χ1) is 9.10. The van der Waals surface area contributed by atoms with E-state index in [1.54, 1.807) is 13.0 Å². The molecule has 6 heteroatoms. The topological polar surface area (TPSA) is 80.1 Å². The molecule has 19 heavy (non-hydrogen) atoms. The molecular weight excluding hydrogens is 249 g/mol. The molecule has 0 aliphatic heterocycles. The summed E-state index contributed by atoms with van der Waals surface area (Å²) in [5, 5.41) is 2.56. The Balaban J connectivity index is 2.11. The van der Waals surface area contributed by atoms with Crippen molar-refractivity contribution < 1.29 is 13.9 Å². The van der Waals surface area contributed by atoms with Crippen molar-refractivity contribution >= 4 is 17.3 Å². The van der Waals surface area contributed by atoms with Gasteiger partial charge in [-0.05, 0) is 25.1 Å². The van der Waals surface area contributed by atoms with Gasteiger partial charge in [0.05, 0.1) is 6.61 Å². The van der Waals surface area contributed by atoms with Crippen molar-refractivity contribution in [3.63, 3.8) is 0 Å². The predicted molar refractivity (Wildman–Crippen MR) is 70.7 cm³/mol. The second-order valence-electron chi connectivity index (χ2n) is 3.88. The molecule has 1 aromatic carbocycles. The number of hydrogen-bond acceptors (Lipinski definition) is 3. The highest BCUT2D eigenvalue weighted by atomic mass is 19.1. The summed E-state index contributed by atoms with van der Waals surface area (Å²) in [5.74, 6) is -0.754. The number of nitrogens with two attached hydrogens (primary N) is 1. The molecule has 0 aliphatic carbocycles. The molecule has 0 aliphatic rings. The van der Waals surface area contributed by atoms with Gasteiger partial charge in [-0.3, -0.25) is 4.79 Å². The number of nitrogen functional groups attached to an aromatic ring is 1. The Hall–Kier alpha value is -2.50. The smallest absolute Gasteiger partial charge is 0.272 e. The zero-order valence-electron chi connectivity index (χ0n) is 10.4. The summed E-state index contributed by atoms with van der Waals surface area (Å²) in [6.07, 6.45) is 1.51. The van der Waals surface area contributed by atoms with Crippen molar-refractivity contribution in [3.05, 3.63) is 42.0 Å². The van der Waals surface area contributed by atoms with Crippen LogP contribution in [0.3, 0.4) is 0 Å². The number of aromatic amines is 1. The van der Waals surface area contributed by atoms with E-state index >= 15 is 0 Å². The third kappa shape index (κ3) is 3.04. The third-order valence-electron chi connectivity index (χ3n) is 2.44. The zero-order chi connectivity index (χ0) is 13.8. The monoisotopic (exact) mass is 263 g/mol. The number of carbonyl (C=O) groups excluding carboxylic acids is 1. The Labute approximate surface area is 109 Å². The number of hydrogen-bond donors (Lipinski definition) is 3.